The summed E-state index contributed by atoms with van der Waals surface area (Å²) in [7, 11) is 0. The van der Waals surface area contributed by atoms with Crippen LogP contribution in [0.1, 0.15) is 23.1 Å². The Morgan fingerprint density at radius 1 is 1.13 bits per heavy atom. The van der Waals surface area contributed by atoms with Crippen LogP contribution in [0.15, 0.2) is 73.5 Å². The minimum Gasteiger partial charge on any atom is -0.348 e. The SMILES string of the molecule is N#CCCn1cc(/C=C/C(=O)NCc2ccccc2Cn2cncn2)c2ccccc21. The molecule has 7 heteroatoms. The molecule has 0 aliphatic heterocycles. The molecule has 0 aliphatic rings. The highest BCUT2D eigenvalue weighted by Gasteiger charge is 2.07. The quantitative estimate of drug-likeness (QED) is 0.450. The van der Waals surface area contributed by atoms with Gasteiger partial charge in [0.25, 0.3) is 0 Å². The van der Waals surface area contributed by atoms with Crippen molar-refractivity contribution in [3.05, 3.63) is 90.1 Å². The number of hydrogen-bond acceptors (Lipinski definition) is 4. The van der Waals surface area contributed by atoms with Gasteiger partial charge in [0, 0.05) is 41.8 Å². The maximum atomic E-state index is 12.5. The second-order valence-electron chi connectivity index (χ2n) is 7.12. The number of amides is 1. The minimum absolute atomic E-state index is 0.163. The molecule has 0 fully saturated rings. The van der Waals surface area contributed by atoms with Crippen LogP contribution in [-0.4, -0.2) is 25.2 Å². The molecule has 0 aliphatic carbocycles. The Hall–Kier alpha value is -4.18. The van der Waals surface area contributed by atoms with Gasteiger partial charge >= 0.3 is 0 Å². The number of fused-ring (bicyclic) bond motifs is 1. The number of benzene rings is 2. The Balaban J connectivity index is 1.44. The molecule has 1 N–H and O–H groups in total. The van der Waals surface area contributed by atoms with E-state index >= 15 is 0 Å². The Kier molecular flexibility index (Phi) is 6.19. The van der Waals surface area contributed by atoms with Gasteiger partial charge in [-0.15, -0.1) is 0 Å². The largest absolute Gasteiger partial charge is 0.348 e. The smallest absolute Gasteiger partial charge is 0.244 e. The van der Waals surface area contributed by atoms with E-state index in [9.17, 15) is 4.79 Å². The molecule has 2 aromatic carbocycles. The summed E-state index contributed by atoms with van der Waals surface area (Å²) in [5.74, 6) is -0.163. The highest BCUT2D eigenvalue weighted by Crippen LogP contribution is 2.22. The fourth-order valence-electron chi connectivity index (χ4n) is 3.54. The number of para-hydroxylation sites is 1. The number of nitrogens with one attached hydrogen (secondary N) is 1. The highest BCUT2D eigenvalue weighted by molar-refractivity contribution is 5.96. The topological polar surface area (TPSA) is 88.5 Å². The van der Waals surface area contributed by atoms with E-state index < -0.39 is 0 Å². The summed E-state index contributed by atoms with van der Waals surface area (Å²) in [5.41, 5.74) is 4.13. The average Bonchev–Trinajstić information content (AvgIpc) is 3.43. The van der Waals surface area contributed by atoms with Gasteiger partial charge in [-0.2, -0.15) is 10.4 Å². The van der Waals surface area contributed by atoms with Gasteiger partial charge in [-0.3, -0.25) is 4.79 Å². The molecular weight excluding hydrogens is 388 g/mol. The van der Waals surface area contributed by atoms with Gasteiger partial charge in [0.2, 0.25) is 5.91 Å². The van der Waals surface area contributed by atoms with Crippen LogP contribution in [0.2, 0.25) is 0 Å². The van der Waals surface area contributed by atoms with E-state index in [0.29, 0.717) is 26.1 Å². The van der Waals surface area contributed by atoms with Gasteiger partial charge in [-0.1, -0.05) is 42.5 Å². The average molecular weight is 410 g/mol. The molecule has 0 spiro atoms. The van der Waals surface area contributed by atoms with Gasteiger partial charge < -0.3 is 9.88 Å². The molecular formula is C24H22N6O. The first-order chi connectivity index (χ1) is 15.2. The highest BCUT2D eigenvalue weighted by atomic mass is 16.1. The number of aryl methyl sites for hydroxylation is 1. The first kappa shape index (κ1) is 20.1. The molecule has 7 nitrogen and oxygen atoms in total. The lowest BCUT2D eigenvalue weighted by Gasteiger charge is -2.09. The van der Waals surface area contributed by atoms with Crippen LogP contribution in [0, 0.1) is 11.3 Å². The third-order valence-corrected chi connectivity index (χ3v) is 5.07. The molecule has 0 unspecified atom stereocenters. The van der Waals surface area contributed by atoms with Gasteiger partial charge in [-0.05, 0) is 23.3 Å². The predicted octanol–water partition coefficient (Wildman–Crippen LogP) is 3.52. The number of nitriles is 1. The molecule has 2 aromatic heterocycles. The molecule has 2 heterocycles. The van der Waals surface area contributed by atoms with E-state index in [4.69, 9.17) is 5.26 Å². The summed E-state index contributed by atoms with van der Waals surface area (Å²) in [6.07, 6.45) is 8.98. The van der Waals surface area contributed by atoms with Crippen molar-refractivity contribution < 1.29 is 4.79 Å². The molecule has 4 rings (SSSR count). The minimum atomic E-state index is -0.163. The Labute approximate surface area is 180 Å². The van der Waals surface area contributed by atoms with Gasteiger partial charge in [0.05, 0.1) is 19.0 Å². The maximum absolute atomic E-state index is 12.5. The van der Waals surface area contributed by atoms with Crippen LogP contribution < -0.4 is 5.32 Å². The Morgan fingerprint density at radius 2 is 1.94 bits per heavy atom. The molecule has 0 bridgehead atoms. The molecule has 0 saturated carbocycles. The third kappa shape index (κ3) is 4.87. The Morgan fingerprint density at radius 3 is 2.74 bits per heavy atom. The van der Waals surface area contributed by atoms with E-state index in [1.807, 2.05) is 60.8 Å². The number of hydrogen-bond donors (Lipinski definition) is 1. The van der Waals surface area contributed by atoms with Crippen molar-refractivity contribution >= 4 is 22.9 Å². The second-order valence-corrected chi connectivity index (χ2v) is 7.12. The van der Waals surface area contributed by atoms with Gasteiger partial charge in [-0.25, -0.2) is 9.67 Å². The number of carbonyl (C=O) groups excluding carboxylic acids is 1. The second kappa shape index (κ2) is 9.55. The fourth-order valence-corrected chi connectivity index (χ4v) is 3.54. The van der Waals surface area contributed by atoms with Gasteiger partial charge in [0.1, 0.15) is 12.7 Å². The molecule has 31 heavy (non-hydrogen) atoms. The normalized spacial score (nSPS) is 11.1. The summed E-state index contributed by atoms with van der Waals surface area (Å²) in [4.78, 5) is 16.4. The lowest BCUT2D eigenvalue weighted by molar-refractivity contribution is -0.116. The molecule has 1 amide bonds. The molecule has 0 saturated heterocycles. The van der Waals surface area contributed by atoms with Crippen LogP contribution in [0.4, 0.5) is 0 Å². The molecule has 4 aromatic rings. The first-order valence-electron chi connectivity index (χ1n) is 10.0. The maximum Gasteiger partial charge on any atom is 0.244 e. The summed E-state index contributed by atoms with van der Waals surface area (Å²) < 4.78 is 3.80. The van der Waals surface area contributed by atoms with Crippen molar-refractivity contribution in [3.63, 3.8) is 0 Å². The van der Waals surface area contributed by atoms with E-state index in [1.54, 1.807) is 17.1 Å². The number of aromatic nitrogens is 4. The molecule has 0 radical (unpaired) electrons. The number of carbonyl (C=O) groups is 1. The monoisotopic (exact) mass is 410 g/mol. The van der Waals surface area contributed by atoms with Crippen LogP contribution in [-0.2, 0) is 24.4 Å². The van der Waals surface area contributed by atoms with Crippen molar-refractivity contribution in [1.29, 1.82) is 5.26 Å². The Bertz CT molecular complexity index is 1250. The van der Waals surface area contributed by atoms with Crippen molar-refractivity contribution in [3.8, 4) is 6.07 Å². The van der Waals surface area contributed by atoms with E-state index in [-0.39, 0.29) is 5.91 Å². The molecule has 0 atom stereocenters. The predicted molar refractivity (Wildman–Crippen MR) is 119 cm³/mol. The fraction of sp³-hybridized carbons (Fsp3) is 0.167. The standard InChI is InChI=1S/C24H22N6O/c25-12-5-13-29-15-21(22-8-3-4-9-23(22)29)10-11-24(31)27-14-19-6-1-2-7-20(19)16-30-18-26-17-28-30/h1-4,6-11,15,17-18H,5,13-14,16H2,(H,27,31)/b11-10+. The summed E-state index contributed by atoms with van der Waals surface area (Å²) in [6.45, 7) is 1.65. The van der Waals surface area contributed by atoms with E-state index in [2.05, 4.69) is 26.0 Å². The zero-order chi connectivity index (χ0) is 21.5. The molecule has 154 valence electrons. The zero-order valence-electron chi connectivity index (χ0n) is 17.0. The van der Waals surface area contributed by atoms with Crippen molar-refractivity contribution in [2.75, 3.05) is 0 Å². The summed E-state index contributed by atoms with van der Waals surface area (Å²) in [5, 5.41) is 17.0. The van der Waals surface area contributed by atoms with E-state index in [1.165, 1.54) is 6.33 Å². The van der Waals surface area contributed by atoms with Crippen molar-refractivity contribution in [2.45, 2.75) is 26.1 Å². The third-order valence-electron chi connectivity index (χ3n) is 5.07. The lowest BCUT2D eigenvalue weighted by Crippen LogP contribution is -2.21. The number of nitrogens with zero attached hydrogens (tertiary/aromatic N) is 5. The van der Waals surface area contributed by atoms with Crippen LogP contribution in [0.3, 0.4) is 0 Å². The summed E-state index contributed by atoms with van der Waals surface area (Å²) >= 11 is 0. The zero-order valence-corrected chi connectivity index (χ0v) is 17.0. The van der Waals surface area contributed by atoms with Crippen LogP contribution >= 0.6 is 0 Å². The van der Waals surface area contributed by atoms with Crippen LogP contribution in [0.25, 0.3) is 17.0 Å². The number of rotatable bonds is 8. The lowest BCUT2D eigenvalue weighted by atomic mass is 10.1. The van der Waals surface area contributed by atoms with Crippen molar-refractivity contribution in [1.82, 2.24) is 24.6 Å². The van der Waals surface area contributed by atoms with E-state index in [0.717, 1.165) is 27.6 Å². The van der Waals surface area contributed by atoms with Crippen LogP contribution in [0.5, 0.6) is 0 Å². The summed E-state index contributed by atoms with van der Waals surface area (Å²) in [6, 6.07) is 18.1. The first-order valence-corrected chi connectivity index (χ1v) is 10.0. The van der Waals surface area contributed by atoms with Gasteiger partial charge in [0.15, 0.2) is 0 Å². The van der Waals surface area contributed by atoms with Crippen molar-refractivity contribution in [2.24, 2.45) is 0 Å².